The molecule has 1 heterocycles. The van der Waals surface area contributed by atoms with E-state index in [2.05, 4.69) is 54.3 Å². The quantitative estimate of drug-likeness (QED) is 0.410. The molecule has 0 bridgehead atoms. The molecule has 5 nitrogen and oxygen atoms in total. The van der Waals surface area contributed by atoms with Gasteiger partial charge in [0.2, 0.25) is 0 Å². The largest absolute Gasteiger partial charge is 0.356 e. The van der Waals surface area contributed by atoms with E-state index in [0.717, 1.165) is 30.9 Å². The topological polar surface area (TPSA) is 45.5 Å². The maximum atomic E-state index is 4.60. The molecule has 0 aromatic carbocycles. The first kappa shape index (κ1) is 22.3. The van der Waals surface area contributed by atoms with Crippen molar-refractivity contribution < 1.29 is 0 Å². The Hall–Kier alpha value is -0.790. The lowest BCUT2D eigenvalue weighted by Gasteiger charge is -2.28. The van der Waals surface area contributed by atoms with Gasteiger partial charge in [0.25, 0.3) is 0 Å². The minimum absolute atomic E-state index is 0. The molecule has 1 aliphatic carbocycles. The van der Waals surface area contributed by atoms with E-state index in [1.165, 1.54) is 36.9 Å². The van der Waals surface area contributed by atoms with Crippen molar-refractivity contribution >= 4 is 29.9 Å². The lowest BCUT2D eigenvalue weighted by atomic mass is 9.83. The van der Waals surface area contributed by atoms with Crippen LogP contribution in [0.2, 0.25) is 0 Å². The highest BCUT2D eigenvalue weighted by atomic mass is 127. The number of hydrogen-bond donors (Lipinski definition) is 1. The van der Waals surface area contributed by atoms with E-state index < -0.39 is 0 Å². The van der Waals surface area contributed by atoms with Crippen molar-refractivity contribution in [3.8, 4) is 0 Å². The molecule has 0 atom stereocenters. The van der Waals surface area contributed by atoms with Crippen molar-refractivity contribution in [2.45, 2.75) is 58.9 Å². The summed E-state index contributed by atoms with van der Waals surface area (Å²) in [4.78, 5) is 6.67. The van der Waals surface area contributed by atoms with Crippen molar-refractivity contribution in [2.75, 3.05) is 20.6 Å². The second-order valence-corrected chi connectivity index (χ2v) is 7.78. The number of guanidine groups is 1. The predicted octanol–water partition coefficient (Wildman–Crippen LogP) is 4.00. The van der Waals surface area contributed by atoms with Crippen molar-refractivity contribution in [3.05, 3.63) is 17.5 Å². The van der Waals surface area contributed by atoms with Crippen LogP contribution in [0.3, 0.4) is 0 Å². The highest BCUT2D eigenvalue weighted by Crippen LogP contribution is 2.27. The second kappa shape index (κ2) is 10.4. The summed E-state index contributed by atoms with van der Waals surface area (Å²) in [7, 11) is 5.97. The second-order valence-electron chi connectivity index (χ2n) is 7.78. The van der Waals surface area contributed by atoms with E-state index in [4.69, 9.17) is 0 Å². The van der Waals surface area contributed by atoms with Crippen LogP contribution in [0.25, 0.3) is 0 Å². The molecule has 1 aromatic heterocycles. The molecule has 144 valence electrons. The smallest absolute Gasteiger partial charge is 0.193 e. The van der Waals surface area contributed by atoms with E-state index in [1.54, 1.807) is 0 Å². The van der Waals surface area contributed by atoms with E-state index in [-0.39, 0.29) is 24.0 Å². The number of halogens is 1. The third-order valence-electron chi connectivity index (χ3n) is 5.15. The van der Waals surface area contributed by atoms with Crippen molar-refractivity contribution in [3.63, 3.8) is 0 Å². The summed E-state index contributed by atoms with van der Waals surface area (Å²) >= 11 is 0. The van der Waals surface area contributed by atoms with Crippen LogP contribution >= 0.6 is 24.0 Å². The Bertz CT molecular complexity index is 544. The van der Waals surface area contributed by atoms with Gasteiger partial charge in [-0.1, -0.05) is 33.6 Å². The minimum atomic E-state index is 0. The summed E-state index contributed by atoms with van der Waals surface area (Å²) in [6.45, 7) is 8.64. The lowest BCUT2D eigenvalue weighted by molar-refractivity contribution is 0.287. The van der Waals surface area contributed by atoms with Crippen LogP contribution in [0.1, 0.15) is 63.6 Å². The summed E-state index contributed by atoms with van der Waals surface area (Å²) in [6, 6.07) is 0. The molecule has 0 aliphatic heterocycles. The first-order valence-corrected chi connectivity index (χ1v) is 9.34. The van der Waals surface area contributed by atoms with Crippen molar-refractivity contribution in [1.29, 1.82) is 0 Å². The first-order chi connectivity index (χ1) is 11.4. The summed E-state index contributed by atoms with van der Waals surface area (Å²) in [5.74, 6) is 3.11. The van der Waals surface area contributed by atoms with Crippen LogP contribution in [0.5, 0.6) is 0 Å². The third-order valence-corrected chi connectivity index (χ3v) is 5.15. The Morgan fingerprint density at radius 2 is 2.00 bits per heavy atom. The average Bonchev–Trinajstić information content (AvgIpc) is 2.90. The van der Waals surface area contributed by atoms with Crippen molar-refractivity contribution in [2.24, 2.45) is 23.9 Å². The molecule has 0 saturated heterocycles. The number of aromatic nitrogens is 2. The molecule has 25 heavy (non-hydrogen) atoms. The molecule has 1 aliphatic rings. The Balaban J connectivity index is 0.00000312. The highest BCUT2D eigenvalue weighted by molar-refractivity contribution is 14.0. The molecule has 0 radical (unpaired) electrons. The van der Waals surface area contributed by atoms with Gasteiger partial charge in [-0.25, -0.2) is 0 Å². The zero-order valence-corrected chi connectivity index (χ0v) is 19.1. The van der Waals surface area contributed by atoms with Gasteiger partial charge in [0.1, 0.15) is 0 Å². The number of aliphatic imine (C=N–C) groups is 1. The molecular weight excluding hydrogens is 425 g/mol. The van der Waals surface area contributed by atoms with E-state index in [0.29, 0.717) is 5.92 Å². The van der Waals surface area contributed by atoms with Crippen LogP contribution in [0.15, 0.2) is 11.2 Å². The van der Waals surface area contributed by atoms with E-state index in [9.17, 15) is 0 Å². The molecule has 1 aromatic rings. The lowest BCUT2D eigenvalue weighted by Crippen LogP contribution is -2.41. The van der Waals surface area contributed by atoms with Gasteiger partial charge in [-0.3, -0.25) is 9.67 Å². The molecule has 1 fully saturated rings. The third kappa shape index (κ3) is 6.46. The zero-order chi connectivity index (χ0) is 17.7. The summed E-state index contributed by atoms with van der Waals surface area (Å²) < 4.78 is 1.91. The van der Waals surface area contributed by atoms with Gasteiger partial charge >= 0.3 is 0 Å². The fourth-order valence-corrected chi connectivity index (χ4v) is 3.65. The van der Waals surface area contributed by atoms with Crippen LogP contribution in [-0.4, -0.2) is 41.3 Å². The van der Waals surface area contributed by atoms with E-state index >= 15 is 0 Å². The van der Waals surface area contributed by atoms with Crippen LogP contribution in [0, 0.1) is 11.8 Å². The molecule has 0 amide bonds. The predicted molar refractivity (Wildman–Crippen MR) is 117 cm³/mol. The van der Waals surface area contributed by atoms with Crippen molar-refractivity contribution in [1.82, 2.24) is 20.0 Å². The summed E-state index contributed by atoms with van der Waals surface area (Å²) in [5, 5.41) is 8.18. The molecule has 1 N–H and O–H groups in total. The maximum Gasteiger partial charge on any atom is 0.193 e. The SMILES string of the molecule is CN=C(NCC1CCC(C)CC1)N(C)Cc1cn(C)nc1C(C)C.I. The molecule has 0 unspecified atom stereocenters. The molecule has 2 rings (SSSR count). The van der Waals surface area contributed by atoms with Crippen LogP contribution in [0.4, 0.5) is 0 Å². The summed E-state index contributed by atoms with van der Waals surface area (Å²) in [5.41, 5.74) is 2.46. The molecule has 0 spiro atoms. The Morgan fingerprint density at radius 3 is 2.56 bits per heavy atom. The Kier molecular flexibility index (Phi) is 9.24. The van der Waals surface area contributed by atoms with Gasteiger partial charge in [-0.05, 0) is 30.6 Å². The first-order valence-electron chi connectivity index (χ1n) is 9.34. The fraction of sp³-hybridized carbons (Fsp3) is 0.789. The minimum Gasteiger partial charge on any atom is -0.356 e. The number of aryl methyl sites for hydroxylation is 1. The monoisotopic (exact) mass is 461 g/mol. The molecule has 1 saturated carbocycles. The van der Waals surface area contributed by atoms with Crippen LogP contribution < -0.4 is 5.32 Å². The molecular formula is C19H36IN5. The number of hydrogen-bond acceptors (Lipinski definition) is 2. The summed E-state index contributed by atoms with van der Waals surface area (Å²) in [6.07, 6.45) is 7.55. The van der Waals surface area contributed by atoms with Gasteiger partial charge in [0.15, 0.2) is 5.96 Å². The average molecular weight is 461 g/mol. The normalized spacial score (nSPS) is 21.2. The fourth-order valence-electron chi connectivity index (χ4n) is 3.65. The van der Waals surface area contributed by atoms with Gasteiger partial charge in [-0.15, -0.1) is 24.0 Å². The van der Waals surface area contributed by atoms with Gasteiger partial charge in [0, 0.05) is 46.0 Å². The standard InChI is InChI=1S/C19H35N5.HI/c1-14(2)18-17(13-24(6)22-18)12-23(5)19(20-4)21-11-16-9-7-15(3)8-10-16;/h13-16H,7-12H2,1-6H3,(H,20,21);1H. The van der Waals surface area contributed by atoms with Gasteiger partial charge < -0.3 is 10.2 Å². The Labute approximate surface area is 170 Å². The van der Waals surface area contributed by atoms with Crippen LogP contribution in [-0.2, 0) is 13.6 Å². The number of nitrogens with one attached hydrogen (secondary N) is 1. The highest BCUT2D eigenvalue weighted by Gasteiger charge is 2.19. The number of nitrogens with zero attached hydrogens (tertiary/aromatic N) is 4. The van der Waals surface area contributed by atoms with Gasteiger partial charge in [-0.2, -0.15) is 5.10 Å². The zero-order valence-electron chi connectivity index (χ0n) is 16.7. The number of rotatable bonds is 5. The molecule has 6 heteroatoms. The van der Waals surface area contributed by atoms with Gasteiger partial charge in [0.05, 0.1) is 5.69 Å². The van der Waals surface area contributed by atoms with E-state index in [1.807, 2.05) is 18.8 Å². The maximum absolute atomic E-state index is 4.60. The Morgan fingerprint density at radius 1 is 1.36 bits per heavy atom.